The molecule has 70 valence electrons. The van der Waals surface area contributed by atoms with Crippen LogP contribution in [0.25, 0.3) is 10.8 Å². The predicted octanol–water partition coefficient (Wildman–Crippen LogP) is 2.91. The minimum Gasteiger partial charge on any atom is -0.398 e. The Bertz CT molecular complexity index is 500. The van der Waals surface area contributed by atoms with Gasteiger partial charge in [-0.3, -0.25) is 0 Å². The van der Waals surface area contributed by atoms with E-state index in [0.717, 1.165) is 12.1 Å². The monoisotopic (exact) mass is 183 g/mol. The first-order chi connectivity index (χ1) is 6.86. The van der Waals surface area contributed by atoms with Crippen LogP contribution in [-0.4, -0.2) is 0 Å². The van der Waals surface area contributed by atoms with Crippen molar-refractivity contribution in [3.05, 3.63) is 41.5 Å². The van der Waals surface area contributed by atoms with E-state index in [4.69, 9.17) is 5.73 Å². The fraction of sp³-hybridized carbons (Fsp3) is 0.231. The zero-order valence-corrected chi connectivity index (χ0v) is 8.09. The van der Waals surface area contributed by atoms with Crippen molar-refractivity contribution in [2.45, 2.75) is 19.3 Å². The predicted molar refractivity (Wildman–Crippen MR) is 60.4 cm³/mol. The summed E-state index contributed by atoms with van der Waals surface area (Å²) < 4.78 is 0. The van der Waals surface area contributed by atoms with Crippen LogP contribution in [0.1, 0.15) is 17.5 Å². The van der Waals surface area contributed by atoms with Crippen molar-refractivity contribution in [1.29, 1.82) is 0 Å². The topological polar surface area (TPSA) is 26.0 Å². The number of nitrogen functional groups attached to an aromatic ring is 1. The second-order valence-electron chi connectivity index (χ2n) is 4.00. The smallest absolute Gasteiger partial charge is 0.0353 e. The minimum atomic E-state index is 0.963. The van der Waals surface area contributed by atoms with E-state index in [0.29, 0.717) is 0 Å². The van der Waals surface area contributed by atoms with Crippen molar-refractivity contribution >= 4 is 16.5 Å². The summed E-state index contributed by atoms with van der Waals surface area (Å²) in [5.74, 6) is 0. The summed E-state index contributed by atoms with van der Waals surface area (Å²) in [7, 11) is 0. The fourth-order valence-electron chi connectivity index (χ4n) is 2.48. The van der Waals surface area contributed by atoms with Crippen molar-refractivity contribution in [3.63, 3.8) is 0 Å². The van der Waals surface area contributed by atoms with E-state index >= 15 is 0 Å². The SMILES string of the molecule is Nc1ccc2cccc3c2c1CCC3. The lowest BCUT2D eigenvalue weighted by molar-refractivity contribution is 0.810. The third-order valence-corrected chi connectivity index (χ3v) is 3.15. The molecule has 1 aliphatic rings. The van der Waals surface area contributed by atoms with Gasteiger partial charge < -0.3 is 5.73 Å². The van der Waals surface area contributed by atoms with Crippen molar-refractivity contribution < 1.29 is 0 Å². The molecule has 14 heavy (non-hydrogen) atoms. The van der Waals surface area contributed by atoms with Gasteiger partial charge in [-0.25, -0.2) is 0 Å². The molecule has 0 saturated heterocycles. The number of nitrogens with two attached hydrogens (primary N) is 1. The zero-order chi connectivity index (χ0) is 9.54. The molecule has 2 N–H and O–H groups in total. The Hall–Kier alpha value is -1.50. The highest BCUT2D eigenvalue weighted by Crippen LogP contribution is 2.32. The van der Waals surface area contributed by atoms with E-state index in [2.05, 4.69) is 24.3 Å². The number of anilines is 1. The second kappa shape index (κ2) is 2.74. The molecule has 2 aromatic carbocycles. The van der Waals surface area contributed by atoms with Crippen LogP contribution in [-0.2, 0) is 12.8 Å². The summed E-state index contributed by atoms with van der Waals surface area (Å²) in [6, 6.07) is 10.7. The van der Waals surface area contributed by atoms with Gasteiger partial charge in [-0.2, -0.15) is 0 Å². The number of benzene rings is 2. The van der Waals surface area contributed by atoms with E-state index < -0.39 is 0 Å². The lowest BCUT2D eigenvalue weighted by Crippen LogP contribution is -2.04. The molecule has 0 unspecified atom stereocenters. The van der Waals surface area contributed by atoms with Crippen molar-refractivity contribution in [1.82, 2.24) is 0 Å². The molecule has 0 bridgehead atoms. The average molecular weight is 183 g/mol. The number of rotatable bonds is 0. The van der Waals surface area contributed by atoms with E-state index in [1.165, 1.54) is 34.7 Å². The van der Waals surface area contributed by atoms with Crippen LogP contribution in [0.2, 0.25) is 0 Å². The molecule has 0 aromatic heterocycles. The number of hydrogen-bond acceptors (Lipinski definition) is 1. The Balaban J connectivity index is 2.50. The minimum absolute atomic E-state index is 0.963. The largest absolute Gasteiger partial charge is 0.398 e. The third kappa shape index (κ3) is 0.955. The summed E-state index contributed by atoms with van der Waals surface area (Å²) >= 11 is 0. The summed E-state index contributed by atoms with van der Waals surface area (Å²) in [4.78, 5) is 0. The molecule has 0 saturated carbocycles. The molecule has 0 radical (unpaired) electrons. The van der Waals surface area contributed by atoms with Gasteiger partial charge in [-0.15, -0.1) is 0 Å². The molecule has 0 spiro atoms. The molecular formula is C13H13N. The summed E-state index contributed by atoms with van der Waals surface area (Å²) in [5.41, 5.74) is 9.80. The van der Waals surface area contributed by atoms with Gasteiger partial charge in [0.15, 0.2) is 0 Å². The molecule has 2 aromatic rings. The van der Waals surface area contributed by atoms with Crippen LogP contribution in [0.5, 0.6) is 0 Å². The van der Waals surface area contributed by atoms with Gasteiger partial charge in [-0.1, -0.05) is 24.3 Å². The third-order valence-electron chi connectivity index (χ3n) is 3.15. The van der Waals surface area contributed by atoms with Crippen LogP contribution < -0.4 is 5.73 Å². The van der Waals surface area contributed by atoms with Crippen LogP contribution in [0.3, 0.4) is 0 Å². The van der Waals surface area contributed by atoms with Crippen molar-refractivity contribution in [2.75, 3.05) is 5.73 Å². The Labute approximate surface area is 83.5 Å². The van der Waals surface area contributed by atoms with Gasteiger partial charge in [0.05, 0.1) is 0 Å². The Kier molecular flexibility index (Phi) is 1.54. The maximum atomic E-state index is 6.00. The highest BCUT2D eigenvalue weighted by molar-refractivity contribution is 5.93. The van der Waals surface area contributed by atoms with Crippen LogP contribution in [0, 0.1) is 0 Å². The molecule has 3 rings (SSSR count). The van der Waals surface area contributed by atoms with Crippen LogP contribution in [0.15, 0.2) is 30.3 Å². The molecular weight excluding hydrogens is 170 g/mol. The summed E-state index contributed by atoms with van der Waals surface area (Å²) in [6.07, 6.45) is 3.58. The van der Waals surface area contributed by atoms with Gasteiger partial charge in [0.1, 0.15) is 0 Å². The lowest BCUT2D eigenvalue weighted by Gasteiger charge is -2.18. The lowest BCUT2D eigenvalue weighted by atomic mass is 9.88. The molecule has 0 atom stereocenters. The highest BCUT2D eigenvalue weighted by Gasteiger charge is 2.13. The molecule has 0 heterocycles. The van der Waals surface area contributed by atoms with Gasteiger partial charge >= 0.3 is 0 Å². The van der Waals surface area contributed by atoms with Crippen LogP contribution >= 0.6 is 0 Å². The van der Waals surface area contributed by atoms with Crippen molar-refractivity contribution in [3.8, 4) is 0 Å². The second-order valence-corrected chi connectivity index (χ2v) is 4.00. The fourth-order valence-corrected chi connectivity index (χ4v) is 2.48. The quantitative estimate of drug-likeness (QED) is 0.624. The first-order valence-electron chi connectivity index (χ1n) is 5.15. The standard InChI is InChI=1S/C13H13N/c14-12-8-7-10-4-1-3-9-5-2-6-11(12)13(9)10/h1,3-4,7-8H,2,5-6,14H2. The molecule has 1 heteroatoms. The first-order valence-corrected chi connectivity index (χ1v) is 5.15. The van der Waals surface area contributed by atoms with E-state index in [-0.39, 0.29) is 0 Å². The van der Waals surface area contributed by atoms with E-state index in [9.17, 15) is 0 Å². The Morgan fingerprint density at radius 1 is 1.00 bits per heavy atom. The van der Waals surface area contributed by atoms with Gasteiger partial charge in [-0.05, 0) is 47.2 Å². The van der Waals surface area contributed by atoms with Crippen LogP contribution in [0.4, 0.5) is 5.69 Å². The maximum absolute atomic E-state index is 6.00. The Morgan fingerprint density at radius 3 is 2.86 bits per heavy atom. The molecule has 1 nitrogen and oxygen atoms in total. The van der Waals surface area contributed by atoms with Gasteiger partial charge in [0, 0.05) is 5.69 Å². The van der Waals surface area contributed by atoms with E-state index in [1.54, 1.807) is 0 Å². The highest BCUT2D eigenvalue weighted by atomic mass is 14.6. The summed E-state index contributed by atoms with van der Waals surface area (Å²) in [5, 5.41) is 2.75. The molecule has 0 aliphatic heterocycles. The molecule has 0 fully saturated rings. The number of hydrogen-bond donors (Lipinski definition) is 1. The van der Waals surface area contributed by atoms with Gasteiger partial charge in [0.25, 0.3) is 0 Å². The normalized spacial score (nSPS) is 14.6. The zero-order valence-electron chi connectivity index (χ0n) is 8.09. The average Bonchev–Trinajstić information content (AvgIpc) is 2.24. The Morgan fingerprint density at radius 2 is 1.93 bits per heavy atom. The van der Waals surface area contributed by atoms with Gasteiger partial charge in [0.2, 0.25) is 0 Å². The molecule has 1 aliphatic carbocycles. The number of aryl methyl sites for hydroxylation is 2. The maximum Gasteiger partial charge on any atom is 0.0353 e. The summed E-state index contributed by atoms with van der Waals surface area (Å²) in [6.45, 7) is 0. The molecule has 0 amide bonds. The van der Waals surface area contributed by atoms with Crippen molar-refractivity contribution in [2.24, 2.45) is 0 Å². The first kappa shape index (κ1) is 7.86. The van der Waals surface area contributed by atoms with E-state index in [1.807, 2.05) is 6.07 Å².